The second-order valence-corrected chi connectivity index (χ2v) is 16.6. The fourth-order valence-corrected chi connectivity index (χ4v) is 7.27. The van der Waals surface area contributed by atoms with Crippen molar-refractivity contribution in [2.45, 2.75) is 135 Å². The summed E-state index contributed by atoms with van der Waals surface area (Å²) in [5.74, 6) is 3.44. The van der Waals surface area contributed by atoms with Crippen molar-refractivity contribution in [1.82, 2.24) is 0 Å². The second kappa shape index (κ2) is 13.2. The molecule has 6 saturated carbocycles. The van der Waals surface area contributed by atoms with E-state index in [1.165, 1.54) is 37.1 Å². The molecule has 0 spiro atoms. The Morgan fingerprint density at radius 2 is 0.878 bits per heavy atom. The Labute approximate surface area is 261 Å². The average molecular weight is 620 g/mol. The van der Waals surface area contributed by atoms with Crippen molar-refractivity contribution in [3.05, 3.63) is 0 Å². The van der Waals surface area contributed by atoms with Gasteiger partial charge in [-0.25, -0.2) is 0 Å². The smallest absolute Gasteiger partial charge is 0.308 e. The maximum atomic E-state index is 10.0. The van der Waals surface area contributed by atoms with Crippen molar-refractivity contribution < 1.29 is 36.3 Å². The summed E-state index contributed by atoms with van der Waals surface area (Å²) in [5, 5.41) is 16.5. The third-order valence-electron chi connectivity index (χ3n) is 11.2. The number of carboxylic acid groups (broad SMARTS) is 2. The maximum Gasteiger partial charge on any atom is 0.308 e. The van der Waals surface area contributed by atoms with Crippen LogP contribution in [0.2, 0.25) is 0 Å². The van der Waals surface area contributed by atoms with Crippen LogP contribution < -0.4 is 0 Å². The van der Waals surface area contributed by atoms with E-state index in [1.54, 1.807) is 41.5 Å². The zero-order valence-electron chi connectivity index (χ0n) is 28.4. The van der Waals surface area contributed by atoms with Crippen LogP contribution in [0.4, 0.5) is 0 Å². The summed E-state index contributed by atoms with van der Waals surface area (Å²) in [6, 6.07) is 1.04. The first-order chi connectivity index (χ1) is 17.9. The molecule has 6 aliphatic carbocycles. The molecule has 240 valence electrons. The van der Waals surface area contributed by atoms with Crippen LogP contribution in [-0.2, 0) is 26.1 Å². The monoisotopic (exact) mass is 618 g/mol. The molecule has 0 aromatic rings. The van der Waals surface area contributed by atoms with E-state index in [-0.39, 0.29) is 16.5 Å². The summed E-state index contributed by atoms with van der Waals surface area (Å²) in [6.45, 7) is 29.1. The van der Waals surface area contributed by atoms with Gasteiger partial charge in [-0.15, -0.1) is 0 Å². The summed E-state index contributed by atoms with van der Waals surface area (Å²) >= 11 is 0. The number of nitrogens with zero attached hydrogens (tertiary/aromatic N) is 2. The van der Waals surface area contributed by atoms with Gasteiger partial charge in [0.25, 0.3) is 0 Å². The van der Waals surface area contributed by atoms with Crippen LogP contribution in [-0.4, -0.2) is 45.7 Å². The topological polar surface area (TPSA) is 99.3 Å². The summed E-state index contributed by atoms with van der Waals surface area (Å²) in [7, 11) is 0. The van der Waals surface area contributed by atoms with Crippen molar-refractivity contribution in [1.29, 1.82) is 0 Å². The third-order valence-corrected chi connectivity index (χ3v) is 11.2. The summed E-state index contributed by atoms with van der Waals surface area (Å²) < 4.78 is 0. The minimum Gasteiger partial charge on any atom is -0.481 e. The standard InChI is InChI=1S/C24H40N2.2C5H10O2.Ni/c1-13-19-9-17(23(19,5)6)11-21(13)25-15(3)16(4)26-22-12-18-10-20(14(22)2)24(18,7)8;2*1-5(2,3)4(6)7;/h13-14,17-22H,9-12H2,1-8H3;2*1-3H3,(H,6,7);. The summed E-state index contributed by atoms with van der Waals surface area (Å²) in [4.78, 5) is 30.4. The molecule has 6 rings (SSSR count). The quantitative estimate of drug-likeness (QED) is 0.245. The number of fused-ring (bicyclic) bond motifs is 4. The first-order valence-electron chi connectivity index (χ1n) is 15.5. The molecular formula is C34H60N2NiO4. The van der Waals surface area contributed by atoms with Crippen molar-refractivity contribution in [3.8, 4) is 0 Å². The molecule has 0 radical (unpaired) electrons. The minimum atomic E-state index is -0.757. The van der Waals surface area contributed by atoms with Gasteiger partial charge in [0.15, 0.2) is 0 Å². The molecule has 0 aromatic heterocycles. The number of aliphatic carboxylic acids is 2. The Morgan fingerprint density at radius 3 is 1.05 bits per heavy atom. The fraction of sp³-hybridized carbons (Fsp3) is 0.882. The van der Waals surface area contributed by atoms with E-state index >= 15 is 0 Å². The van der Waals surface area contributed by atoms with Crippen molar-refractivity contribution in [3.63, 3.8) is 0 Å². The third kappa shape index (κ3) is 8.45. The molecule has 0 aliphatic heterocycles. The molecule has 6 nitrogen and oxygen atoms in total. The van der Waals surface area contributed by atoms with Gasteiger partial charge in [0, 0.05) is 16.5 Å². The Kier molecular flexibility index (Phi) is 12.2. The number of rotatable bonds is 3. The molecule has 2 N–H and O–H groups in total. The largest absolute Gasteiger partial charge is 0.481 e. The van der Waals surface area contributed by atoms with Gasteiger partial charge in [-0.1, -0.05) is 41.5 Å². The van der Waals surface area contributed by atoms with Crippen LogP contribution in [0.25, 0.3) is 0 Å². The van der Waals surface area contributed by atoms with E-state index < -0.39 is 22.8 Å². The van der Waals surface area contributed by atoms with Gasteiger partial charge < -0.3 is 10.2 Å². The molecule has 6 fully saturated rings. The number of hydrogen-bond donors (Lipinski definition) is 2. The van der Waals surface area contributed by atoms with E-state index in [0.29, 0.717) is 22.9 Å². The number of aliphatic imine (C=N–C) groups is 2. The molecule has 7 heteroatoms. The van der Waals surface area contributed by atoms with Gasteiger partial charge in [-0.3, -0.25) is 19.6 Å². The zero-order chi connectivity index (χ0) is 31.2. The average Bonchev–Trinajstić information content (AvgIpc) is 2.80. The predicted molar refractivity (Wildman–Crippen MR) is 166 cm³/mol. The normalized spacial score (nSPS) is 35.1. The van der Waals surface area contributed by atoms with Crippen LogP contribution in [0.5, 0.6) is 0 Å². The Hall–Kier alpha value is -1.23. The predicted octanol–water partition coefficient (Wildman–Crippen LogP) is 8.28. The fourth-order valence-electron chi connectivity index (χ4n) is 7.27. The summed E-state index contributed by atoms with van der Waals surface area (Å²) in [5.41, 5.74) is 2.33. The number of hydrogen-bond acceptors (Lipinski definition) is 4. The van der Waals surface area contributed by atoms with Crippen molar-refractivity contribution in [2.75, 3.05) is 0 Å². The maximum absolute atomic E-state index is 10.0. The van der Waals surface area contributed by atoms with Gasteiger partial charge in [-0.2, -0.15) is 0 Å². The Bertz CT molecular complexity index is 921. The molecule has 0 amide bonds. The van der Waals surface area contributed by atoms with Gasteiger partial charge >= 0.3 is 11.9 Å². The van der Waals surface area contributed by atoms with E-state index in [9.17, 15) is 9.59 Å². The van der Waals surface area contributed by atoms with Crippen LogP contribution in [0.1, 0.15) is 123 Å². The van der Waals surface area contributed by atoms with Crippen LogP contribution in [0, 0.1) is 57.2 Å². The van der Waals surface area contributed by atoms with Gasteiger partial charge in [-0.05, 0) is 127 Å². The van der Waals surface area contributed by atoms with Gasteiger partial charge in [0.1, 0.15) is 0 Å². The second-order valence-electron chi connectivity index (χ2n) is 16.6. The van der Waals surface area contributed by atoms with Crippen molar-refractivity contribution >= 4 is 23.4 Å². The first-order valence-corrected chi connectivity index (χ1v) is 15.5. The number of carboxylic acids is 2. The molecule has 0 heterocycles. The minimum absolute atomic E-state index is 0. The van der Waals surface area contributed by atoms with Crippen molar-refractivity contribution in [2.24, 2.45) is 67.2 Å². The molecule has 6 aliphatic rings. The van der Waals surface area contributed by atoms with Crippen LogP contribution in [0.3, 0.4) is 0 Å². The van der Waals surface area contributed by atoms with E-state index in [4.69, 9.17) is 20.2 Å². The van der Waals surface area contributed by atoms with E-state index in [1.807, 2.05) is 0 Å². The zero-order valence-corrected chi connectivity index (χ0v) is 29.4. The Balaban J connectivity index is 0.000000469. The molecule has 41 heavy (non-hydrogen) atoms. The Morgan fingerprint density at radius 1 is 0.634 bits per heavy atom. The number of carbonyl (C=O) groups is 2. The van der Waals surface area contributed by atoms with E-state index in [0.717, 1.165) is 35.5 Å². The molecule has 0 saturated heterocycles. The van der Waals surface area contributed by atoms with Crippen LogP contribution >= 0.6 is 0 Å². The summed E-state index contributed by atoms with van der Waals surface area (Å²) in [6.07, 6.45) is 5.44. The molecule has 0 aromatic carbocycles. The molecule has 8 atom stereocenters. The SMILES string of the molecule is CC(=NC1CC2CC(C1C)C2(C)C)C(C)=NC1CC2CC(C1C)C2(C)C.CC(C)(C)C(=O)O.CC(C)(C)C(=O)O.[Ni]. The van der Waals surface area contributed by atoms with Crippen LogP contribution in [0.15, 0.2) is 9.98 Å². The van der Waals surface area contributed by atoms with Gasteiger partial charge in [0.05, 0.1) is 34.3 Å². The molecular weight excluding hydrogens is 559 g/mol. The van der Waals surface area contributed by atoms with Gasteiger partial charge in [0.2, 0.25) is 0 Å². The molecule has 4 bridgehead atoms. The van der Waals surface area contributed by atoms with E-state index in [2.05, 4.69) is 55.4 Å². The first kappa shape index (κ1) is 37.8. The molecule has 8 unspecified atom stereocenters.